The molecule has 0 aliphatic heterocycles. The van der Waals surface area contributed by atoms with Crippen LogP contribution in [0.3, 0.4) is 0 Å². The van der Waals surface area contributed by atoms with Gasteiger partial charge in [-0.05, 0) is 23.3 Å². The quantitative estimate of drug-likeness (QED) is 0.302. The largest absolute Gasteiger partial charge is 0.534 e. The van der Waals surface area contributed by atoms with Gasteiger partial charge >= 0.3 is 15.6 Å². The summed E-state index contributed by atoms with van der Waals surface area (Å²) in [6.07, 6.45) is 1.23. The molecule has 164 valence electrons. The third-order valence-corrected chi connectivity index (χ3v) is 5.82. The van der Waals surface area contributed by atoms with Crippen molar-refractivity contribution < 1.29 is 30.2 Å². The van der Waals surface area contributed by atoms with Crippen LogP contribution in [0.2, 0.25) is 0 Å². The minimum atomic E-state index is -5.84. The van der Waals surface area contributed by atoms with Crippen molar-refractivity contribution in [1.82, 2.24) is 0 Å². The highest BCUT2D eigenvalue weighted by Crippen LogP contribution is 2.32. The fraction of sp³-hybridized carbons (Fsp3) is 0.0870. The van der Waals surface area contributed by atoms with Crippen molar-refractivity contribution in [3.8, 4) is 5.75 Å². The molecule has 0 aliphatic rings. The molecule has 0 atom stereocenters. The molecule has 0 amide bonds. The van der Waals surface area contributed by atoms with Crippen LogP contribution in [0.1, 0.15) is 22.6 Å². The SMILES string of the molecule is O=c1c(C(c2ccccc2)c2ccccc2)coc2cc(OS(=O)(=O)C(F)(F)F)ccc12. The minimum absolute atomic E-state index is 0.0797. The predicted molar refractivity (Wildman–Crippen MR) is 112 cm³/mol. The molecule has 4 rings (SSSR count). The lowest BCUT2D eigenvalue weighted by Crippen LogP contribution is -2.28. The number of fused-ring (bicyclic) bond motifs is 1. The molecule has 0 radical (unpaired) electrons. The molecule has 0 bridgehead atoms. The highest BCUT2D eigenvalue weighted by Gasteiger charge is 2.48. The molecular weight excluding hydrogens is 445 g/mol. The Balaban J connectivity index is 1.82. The molecule has 0 saturated heterocycles. The van der Waals surface area contributed by atoms with Gasteiger partial charge in [0.15, 0.2) is 5.43 Å². The van der Waals surface area contributed by atoms with Gasteiger partial charge in [-0.25, -0.2) is 0 Å². The monoisotopic (exact) mass is 460 g/mol. The van der Waals surface area contributed by atoms with Crippen LogP contribution in [-0.2, 0) is 10.1 Å². The van der Waals surface area contributed by atoms with E-state index in [2.05, 4.69) is 4.18 Å². The van der Waals surface area contributed by atoms with Crippen LogP contribution in [0.4, 0.5) is 13.2 Å². The van der Waals surface area contributed by atoms with E-state index < -0.39 is 32.7 Å². The molecule has 4 aromatic rings. The summed E-state index contributed by atoms with van der Waals surface area (Å²) in [6.45, 7) is 0. The first kappa shape index (κ1) is 21.6. The maximum atomic E-state index is 13.3. The minimum Gasteiger partial charge on any atom is -0.464 e. The Morgan fingerprint density at radius 2 is 1.41 bits per heavy atom. The number of rotatable bonds is 5. The Kier molecular flexibility index (Phi) is 5.52. The van der Waals surface area contributed by atoms with Crippen molar-refractivity contribution >= 4 is 21.1 Å². The normalized spacial score (nSPS) is 12.2. The van der Waals surface area contributed by atoms with Gasteiger partial charge in [-0.15, -0.1) is 0 Å². The van der Waals surface area contributed by atoms with Crippen LogP contribution in [0.15, 0.2) is 94.3 Å². The highest BCUT2D eigenvalue weighted by atomic mass is 32.2. The summed E-state index contributed by atoms with van der Waals surface area (Å²) in [5.41, 5.74) is -4.05. The summed E-state index contributed by atoms with van der Waals surface area (Å²) >= 11 is 0. The Hall–Kier alpha value is -3.59. The number of hydrogen-bond acceptors (Lipinski definition) is 5. The second-order valence-electron chi connectivity index (χ2n) is 6.92. The van der Waals surface area contributed by atoms with Gasteiger partial charge in [0.25, 0.3) is 0 Å². The predicted octanol–water partition coefficient (Wildman–Crippen LogP) is 5.20. The number of halogens is 3. The number of alkyl halides is 3. The van der Waals surface area contributed by atoms with Gasteiger partial charge in [0.2, 0.25) is 0 Å². The van der Waals surface area contributed by atoms with Gasteiger partial charge < -0.3 is 8.60 Å². The van der Waals surface area contributed by atoms with E-state index in [1.165, 1.54) is 12.3 Å². The molecule has 3 aromatic carbocycles. The van der Waals surface area contributed by atoms with Crippen molar-refractivity contribution in [1.29, 1.82) is 0 Å². The van der Waals surface area contributed by atoms with Gasteiger partial charge in [-0.1, -0.05) is 60.7 Å². The molecule has 0 fully saturated rings. The second kappa shape index (κ2) is 8.16. The summed E-state index contributed by atoms with van der Waals surface area (Å²) in [7, 11) is -5.84. The first-order chi connectivity index (χ1) is 15.2. The number of benzene rings is 3. The van der Waals surface area contributed by atoms with Crippen molar-refractivity contribution in [2.45, 2.75) is 11.4 Å². The van der Waals surface area contributed by atoms with Crippen LogP contribution in [0, 0.1) is 0 Å². The topological polar surface area (TPSA) is 73.6 Å². The summed E-state index contributed by atoms with van der Waals surface area (Å²) in [6, 6.07) is 21.7. The number of hydrogen-bond donors (Lipinski definition) is 0. The van der Waals surface area contributed by atoms with Crippen LogP contribution in [0.5, 0.6) is 5.75 Å². The molecule has 0 saturated carbocycles. The molecule has 0 spiro atoms. The Morgan fingerprint density at radius 1 is 0.844 bits per heavy atom. The fourth-order valence-corrected chi connectivity index (χ4v) is 3.84. The lowest BCUT2D eigenvalue weighted by atomic mass is 9.85. The average molecular weight is 460 g/mol. The third kappa shape index (κ3) is 4.11. The van der Waals surface area contributed by atoms with Gasteiger partial charge in [-0.3, -0.25) is 4.79 Å². The summed E-state index contributed by atoms with van der Waals surface area (Å²) in [4.78, 5) is 13.3. The maximum Gasteiger partial charge on any atom is 0.534 e. The van der Waals surface area contributed by atoms with E-state index in [1.54, 1.807) is 0 Å². The molecule has 0 N–H and O–H groups in total. The third-order valence-electron chi connectivity index (χ3n) is 4.84. The van der Waals surface area contributed by atoms with Crippen LogP contribution >= 0.6 is 0 Å². The zero-order valence-corrected chi connectivity index (χ0v) is 17.1. The van der Waals surface area contributed by atoms with E-state index in [9.17, 15) is 26.4 Å². The van der Waals surface area contributed by atoms with E-state index in [4.69, 9.17) is 4.42 Å². The van der Waals surface area contributed by atoms with E-state index in [1.807, 2.05) is 60.7 Å². The molecule has 0 aliphatic carbocycles. The molecule has 32 heavy (non-hydrogen) atoms. The average Bonchev–Trinajstić information content (AvgIpc) is 2.76. The Morgan fingerprint density at radius 3 is 1.94 bits per heavy atom. The molecule has 0 unspecified atom stereocenters. The zero-order chi connectivity index (χ0) is 22.9. The Bertz CT molecular complexity index is 1370. The fourth-order valence-electron chi connectivity index (χ4n) is 3.39. The summed E-state index contributed by atoms with van der Waals surface area (Å²) in [5, 5.41) is 0.0797. The van der Waals surface area contributed by atoms with E-state index in [0.29, 0.717) is 5.56 Å². The zero-order valence-electron chi connectivity index (χ0n) is 16.2. The highest BCUT2D eigenvalue weighted by molar-refractivity contribution is 7.88. The van der Waals surface area contributed by atoms with E-state index in [0.717, 1.165) is 23.3 Å². The van der Waals surface area contributed by atoms with Crippen LogP contribution in [-0.4, -0.2) is 13.9 Å². The van der Waals surface area contributed by atoms with Crippen molar-refractivity contribution in [2.24, 2.45) is 0 Å². The van der Waals surface area contributed by atoms with Crippen molar-refractivity contribution in [2.75, 3.05) is 0 Å². The smallest absolute Gasteiger partial charge is 0.464 e. The molecule has 9 heteroatoms. The lowest BCUT2D eigenvalue weighted by molar-refractivity contribution is -0.0500. The van der Waals surface area contributed by atoms with E-state index >= 15 is 0 Å². The first-order valence-electron chi connectivity index (χ1n) is 9.33. The van der Waals surface area contributed by atoms with Crippen molar-refractivity contribution in [3.63, 3.8) is 0 Å². The van der Waals surface area contributed by atoms with Crippen LogP contribution in [0.25, 0.3) is 11.0 Å². The Labute approximate surface area is 180 Å². The maximum absolute atomic E-state index is 13.3. The standard InChI is InChI=1S/C23H15F3O5S/c24-23(25,26)32(28,29)31-17-11-12-18-20(13-17)30-14-19(22(18)27)21(15-7-3-1-4-8-15)16-9-5-2-6-10-16/h1-14,21H. The second-order valence-corrected chi connectivity index (χ2v) is 8.45. The summed E-state index contributed by atoms with van der Waals surface area (Å²) < 4.78 is 69.9. The van der Waals surface area contributed by atoms with Crippen molar-refractivity contribution in [3.05, 3.63) is 112 Å². The molecule has 5 nitrogen and oxygen atoms in total. The summed E-state index contributed by atoms with van der Waals surface area (Å²) in [5.74, 6) is -1.06. The van der Waals surface area contributed by atoms with Crippen LogP contribution < -0.4 is 9.61 Å². The first-order valence-corrected chi connectivity index (χ1v) is 10.7. The van der Waals surface area contributed by atoms with Gasteiger partial charge in [-0.2, -0.15) is 21.6 Å². The van der Waals surface area contributed by atoms with E-state index in [-0.39, 0.29) is 11.0 Å². The lowest BCUT2D eigenvalue weighted by Gasteiger charge is -2.18. The van der Waals surface area contributed by atoms with Gasteiger partial charge in [0.1, 0.15) is 11.3 Å². The van der Waals surface area contributed by atoms with Gasteiger partial charge in [0, 0.05) is 17.5 Å². The molecule has 1 heterocycles. The molecular formula is C23H15F3O5S. The van der Waals surface area contributed by atoms with Gasteiger partial charge in [0.05, 0.1) is 11.6 Å². The molecule has 1 aromatic heterocycles.